The number of esters is 2. The van der Waals surface area contributed by atoms with Gasteiger partial charge in [0, 0.05) is 26.2 Å². The van der Waals surface area contributed by atoms with E-state index in [1.807, 2.05) is 0 Å². The van der Waals surface area contributed by atoms with Gasteiger partial charge >= 0.3 is 11.9 Å². The molecule has 2 fully saturated rings. The minimum atomic E-state index is -0.863. The predicted octanol–water partition coefficient (Wildman–Crippen LogP) is 2.02. The Bertz CT molecular complexity index is 727. The highest BCUT2D eigenvalue weighted by molar-refractivity contribution is 5.95. The van der Waals surface area contributed by atoms with Crippen LogP contribution in [0.15, 0.2) is 24.3 Å². The highest BCUT2D eigenvalue weighted by atomic mass is 16.6. The highest BCUT2D eigenvalue weighted by Crippen LogP contribution is 2.15. The first-order chi connectivity index (χ1) is 14.4. The van der Waals surface area contributed by atoms with E-state index >= 15 is 0 Å². The largest absolute Gasteiger partial charge is 0.449 e. The fraction of sp³-hybridized carbons (Fsp3) is 0.545. The Labute approximate surface area is 176 Å². The Balaban J connectivity index is 1.53. The predicted molar refractivity (Wildman–Crippen MR) is 108 cm³/mol. The van der Waals surface area contributed by atoms with Gasteiger partial charge in [0.15, 0.2) is 12.2 Å². The lowest BCUT2D eigenvalue weighted by Gasteiger charge is -2.20. The number of benzene rings is 1. The van der Waals surface area contributed by atoms with Gasteiger partial charge in [-0.15, -0.1) is 0 Å². The molecule has 2 saturated heterocycles. The van der Waals surface area contributed by atoms with Gasteiger partial charge in [0.2, 0.25) is 0 Å². The third kappa shape index (κ3) is 5.17. The maximum Gasteiger partial charge on any atom is 0.338 e. The zero-order valence-electron chi connectivity index (χ0n) is 17.5. The lowest BCUT2D eigenvalue weighted by atomic mass is 10.1. The van der Waals surface area contributed by atoms with Crippen molar-refractivity contribution < 1.29 is 28.7 Å². The maximum atomic E-state index is 12.3. The molecule has 2 amide bonds. The molecule has 1 aromatic rings. The second-order valence-corrected chi connectivity index (χ2v) is 7.74. The summed E-state index contributed by atoms with van der Waals surface area (Å²) in [6.07, 6.45) is 2.13. The molecule has 1 aromatic carbocycles. The van der Waals surface area contributed by atoms with Gasteiger partial charge in [-0.2, -0.15) is 0 Å². The molecule has 0 spiro atoms. The first kappa shape index (κ1) is 21.8. The van der Waals surface area contributed by atoms with Crippen molar-refractivity contribution in [3.63, 3.8) is 0 Å². The van der Waals surface area contributed by atoms with Gasteiger partial charge in [-0.05, 0) is 63.8 Å². The van der Waals surface area contributed by atoms with Crippen molar-refractivity contribution in [2.45, 2.75) is 51.7 Å². The highest BCUT2D eigenvalue weighted by Gasteiger charge is 2.28. The summed E-state index contributed by atoms with van der Waals surface area (Å²) in [6, 6.07) is 5.77. The Hall–Kier alpha value is -2.90. The van der Waals surface area contributed by atoms with Crippen LogP contribution in [0.1, 0.15) is 60.2 Å². The molecular formula is C22H28N2O6. The summed E-state index contributed by atoms with van der Waals surface area (Å²) in [5.74, 6) is -1.66. The number of hydrogen-bond donors (Lipinski definition) is 0. The number of amides is 2. The summed E-state index contributed by atoms with van der Waals surface area (Å²) in [4.78, 5) is 52.5. The van der Waals surface area contributed by atoms with Crippen molar-refractivity contribution in [3.8, 4) is 0 Å². The number of likely N-dealkylation sites (tertiary alicyclic amines) is 2. The molecule has 2 aliphatic heterocycles. The summed E-state index contributed by atoms with van der Waals surface area (Å²) < 4.78 is 10.5. The van der Waals surface area contributed by atoms with Gasteiger partial charge in [-0.1, -0.05) is 0 Å². The molecule has 2 heterocycles. The first-order valence-corrected chi connectivity index (χ1v) is 10.5. The molecule has 0 bridgehead atoms. The fourth-order valence-corrected chi connectivity index (χ4v) is 3.69. The van der Waals surface area contributed by atoms with Crippen LogP contribution in [-0.2, 0) is 19.1 Å². The smallest absolute Gasteiger partial charge is 0.338 e. The van der Waals surface area contributed by atoms with Crippen LogP contribution >= 0.6 is 0 Å². The third-order valence-corrected chi connectivity index (χ3v) is 5.45. The summed E-state index contributed by atoms with van der Waals surface area (Å²) >= 11 is 0. The lowest BCUT2D eigenvalue weighted by molar-refractivity contribution is -0.139. The third-order valence-electron chi connectivity index (χ3n) is 5.45. The molecule has 162 valence electrons. The van der Waals surface area contributed by atoms with Crippen LogP contribution in [0.5, 0.6) is 0 Å². The van der Waals surface area contributed by atoms with Gasteiger partial charge in [0.05, 0.1) is 11.1 Å². The molecule has 30 heavy (non-hydrogen) atoms. The average Bonchev–Trinajstić information content (AvgIpc) is 3.46. The average molecular weight is 416 g/mol. The van der Waals surface area contributed by atoms with E-state index in [4.69, 9.17) is 9.47 Å². The molecule has 0 radical (unpaired) electrons. The van der Waals surface area contributed by atoms with Crippen LogP contribution in [0.4, 0.5) is 0 Å². The van der Waals surface area contributed by atoms with Crippen molar-refractivity contribution >= 4 is 23.8 Å². The topological polar surface area (TPSA) is 93.2 Å². The van der Waals surface area contributed by atoms with Gasteiger partial charge in [-0.3, -0.25) is 9.59 Å². The Morgan fingerprint density at radius 2 is 0.967 bits per heavy atom. The molecule has 0 aliphatic carbocycles. The lowest BCUT2D eigenvalue weighted by Crippen LogP contribution is -2.38. The van der Waals surface area contributed by atoms with Crippen molar-refractivity contribution in [3.05, 3.63) is 35.4 Å². The van der Waals surface area contributed by atoms with E-state index in [1.54, 1.807) is 23.6 Å². The van der Waals surface area contributed by atoms with Crippen LogP contribution < -0.4 is 0 Å². The number of rotatable bonds is 6. The summed E-state index contributed by atoms with van der Waals surface area (Å²) in [5, 5.41) is 0. The summed E-state index contributed by atoms with van der Waals surface area (Å²) in [5.41, 5.74) is 0.461. The van der Waals surface area contributed by atoms with Crippen LogP contribution in [0.3, 0.4) is 0 Å². The quantitative estimate of drug-likeness (QED) is 0.659. The number of hydrogen-bond acceptors (Lipinski definition) is 6. The Morgan fingerprint density at radius 3 is 1.27 bits per heavy atom. The minimum Gasteiger partial charge on any atom is -0.449 e. The van der Waals surface area contributed by atoms with Crippen molar-refractivity contribution in [2.75, 3.05) is 26.2 Å². The molecular weight excluding hydrogens is 388 g/mol. The Morgan fingerprint density at radius 1 is 0.667 bits per heavy atom. The van der Waals surface area contributed by atoms with Gasteiger partial charge in [0.25, 0.3) is 11.8 Å². The molecule has 2 atom stereocenters. The van der Waals surface area contributed by atoms with Crippen LogP contribution in [0, 0.1) is 0 Å². The molecule has 8 nitrogen and oxygen atoms in total. The molecule has 0 N–H and O–H groups in total. The molecule has 0 saturated carbocycles. The second kappa shape index (κ2) is 9.73. The van der Waals surface area contributed by atoms with Crippen LogP contribution in [0.2, 0.25) is 0 Å². The fourth-order valence-electron chi connectivity index (χ4n) is 3.69. The van der Waals surface area contributed by atoms with Gasteiger partial charge in [-0.25, -0.2) is 9.59 Å². The van der Waals surface area contributed by atoms with Crippen molar-refractivity contribution in [1.29, 1.82) is 0 Å². The number of nitrogens with zero attached hydrogens (tertiary/aromatic N) is 2. The van der Waals surface area contributed by atoms with E-state index in [-0.39, 0.29) is 22.9 Å². The van der Waals surface area contributed by atoms with Gasteiger partial charge < -0.3 is 19.3 Å². The molecule has 0 aromatic heterocycles. The molecule has 2 unspecified atom stereocenters. The van der Waals surface area contributed by atoms with Crippen LogP contribution in [-0.4, -0.2) is 71.9 Å². The number of carbonyl (C=O) groups excluding carboxylic acids is 4. The normalized spacial score (nSPS) is 18.1. The maximum absolute atomic E-state index is 12.3. The van der Waals surface area contributed by atoms with Crippen molar-refractivity contribution in [2.24, 2.45) is 0 Å². The second-order valence-electron chi connectivity index (χ2n) is 7.74. The van der Waals surface area contributed by atoms with Crippen LogP contribution in [0.25, 0.3) is 0 Å². The van der Waals surface area contributed by atoms with E-state index < -0.39 is 24.1 Å². The van der Waals surface area contributed by atoms with E-state index in [0.29, 0.717) is 26.2 Å². The monoisotopic (exact) mass is 416 g/mol. The Kier molecular flexibility index (Phi) is 7.07. The minimum absolute atomic E-state index is 0.197. The van der Waals surface area contributed by atoms with E-state index in [9.17, 15) is 19.2 Å². The summed E-state index contributed by atoms with van der Waals surface area (Å²) in [6.45, 7) is 5.88. The van der Waals surface area contributed by atoms with E-state index in [0.717, 1.165) is 25.7 Å². The summed E-state index contributed by atoms with van der Waals surface area (Å²) in [7, 11) is 0. The number of carbonyl (C=O) groups is 4. The molecule has 8 heteroatoms. The van der Waals surface area contributed by atoms with E-state index in [1.165, 1.54) is 24.3 Å². The van der Waals surface area contributed by atoms with E-state index in [2.05, 4.69) is 0 Å². The van der Waals surface area contributed by atoms with Gasteiger partial charge in [0.1, 0.15) is 0 Å². The SMILES string of the molecule is CC(OC(=O)c1ccc(C(=O)OC(C)C(=O)N2CCCC2)cc1)C(=O)N1CCCC1. The molecule has 2 aliphatic rings. The zero-order valence-corrected chi connectivity index (χ0v) is 17.5. The molecule has 3 rings (SSSR count). The standard InChI is InChI=1S/C22H28N2O6/c1-15(19(25)23-11-3-4-12-23)29-21(27)17-7-9-18(10-8-17)22(28)30-16(2)20(26)24-13-5-6-14-24/h7-10,15-16H,3-6,11-14H2,1-2H3. The zero-order chi connectivity index (χ0) is 21.7. The first-order valence-electron chi connectivity index (χ1n) is 10.5. The van der Waals surface area contributed by atoms with Crippen molar-refractivity contribution in [1.82, 2.24) is 9.80 Å². The number of ether oxygens (including phenoxy) is 2.